The van der Waals surface area contributed by atoms with Gasteiger partial charge < -0.3 is 15.4 Å². The van der Waals surface area contributed by atoms with Gasteiger partial charge in [0.05, 0.1) is 19.7 Å². The molecule has 1 saturated heterocycles. The zero-order chi connectivity index (χ0) is 17.4. The second kappa shape index (κ2) is 9.64. The molecule has 0 aromatic heterocycles. The lowest BCUT2D eigenvalue weighted by molar-refractivity contribution is -0.123. The van der Waals surface area contributed by atoms with Gasteiger partial charge >= 0.3 is 0 Å². The smallest absolute Gasteiger partial charge is 0.234 e. The van der Waals surface area contributed by atoms with E-state index in [1.165, 1.54) is 19.3 Å². The summed E-state index contributed by atoms with van der Waals surface area (Å²) in [5.41, 5.74) is 1.01. The monoisotopic (exact) mass is 333 g/mol. The van der Waals surface area contributed by atoms with Crippen LogP contribution in [-0.2, 0) is 4.79 Å². The van der Waals surface area contributed by atoms with Crippen molar-refractivity contribution >= 4 is 5.91 Å². The van der Waals surface area contributed by atoms with Crippen molar-refractivity contribution < 1.29 is 9.53 Å². The predicted molar refractivity (Wildman–Crippen MR) is 97.3 cm³/mol. The molecule has 1 aliphatic heterocycles. The Morgan fingerprint density at radius 1 is 1.33 bits per heavy atom. The number of nitrogens with zero attached hydrogens (tertiary/aromatic N) is 1. The molecule has 1 aromatic carbocycles. The van der Waals surface area contributed by atoms with Crippen LogP contribution in [0.2, 0.25) is 0 Å². The summed E-state index contributed by atoms with van der Waals surface area (Å²) in [6, 6.07) is 7.78. The van der Waals surface area contributed by atoms with Crippen LogP contribution in [0, 0.1) is 5.92 Å². The van der Waals surface area contributed by atoms with Crippen molar-refractivity contribution in [1.82, 2.24) is 15.5 Å². The standard InChI is InChI=1S/C19H31N3O2/c1-15(17-6-4-5-7-18(17)24-3)21-19(23)14-22-12-9-16(10-13-22)8-11-20-2/h4-7,15-16,20H,8-14H2,1-3H3,(H,21,23). The molecule has 0 spiro atoms. The van der Waals surface area contributed by atoms with Gasteiger partial charge in [-0.15, -0.1) is 0 Å². The van der Waals surface area contributed by atoms with Crippen LogP contribution in [0.5, 0.6) is 5.75 Å². The number of hydrogen-bond acceptors (Lipinski definition) is 4. The summed E-state index contributed by atoms with van der Waals surface area (Å²) in [4.78, 5) is 14.6. The fourth-order valence-corrected chi connectivity index (χ4v) is 3.37. The molecule has 134 valence electrons. The highest BCUT2D eigenvalue weighted by molar-refractivity contribution is 5.78. The number of methoxy groups -OCH3 is 1. The first-order chi connectivity index (χ1) is 11.6. The minimum absolute atomic E-state index is 0.0539. The number of nitrogens with one attached hydrogen (secondary N) is 2. The van der Waals surface area contributed by atoms with Crippen LogP contribution < -0.4 is 15.4 Å². The third-order valence-corrected chi connectivity index (χ3v) is 4.86. The molecule has 0 saturated carbocycles. The van der Waals surface area contributed by atoms with Gasteiger partial charge in [0.15, 0.2) is 0 Å². The van der Waals surface area contributed by atoms with Gasteiger partial charge in [-0.05, 0) is 64.9 Å². The Morgan fingerprint density at radius 2 is 2.04 bits per heavy atom. The summed E-state index contributed by atoms with van der Waals surface area (Å²) in [7, 11) is 3.66. The van der Waals surface area contributed by atoms with Crippen LogP contribution in [0.25, 0.3) is 0 Å². The fraction of sp³-hybridized carbons (Fsp3) is 0.632. The maximum Gasteiger partial charge on any atom is 0.234 e. The molecular weight excluding hydrogens is 302 g/mol. The molecule has 5 heteroatoms. The topological polar surface area (TPSA) is 53.6 Å². The van der Waals surface area contributed by atoms with Gasteiger partial charge in [-0.1, -0.05) is 18.2 Å². The van der Waals surface area contributed by atoms with Gasteiger partial charge in [-0.3, -0.25) is 9.69 Å². The van der Waals surface area contributed by atoms with Crippen molar-refractivity contribution in [3.63, 3.8) is 0 Å². The summed E-state index contributed by atoms with van der Waals surface area (Å²) in [5, 5.41) is 6.31. The Kier molecular flexibility index (Phi) is 7.53. The van der Waals surface area contributed by atoms with E-state index in [9.17, 15) is 4.79 Å². The van der Waals surface area contributed by atoms with Gasteiger partial charge in [-0.2, -0.15) is 0 Å². The molecule has 1 unspecified atom stereocenters. The van der Waals surface area contributed by atoms with E-state index in [4.69, 9.17) is 4.74 Å². The Labute approximate surface area is 145 Å². The van der Waals surface area contributed by atoms with Gasteiger partial charge in [-0.25, -0.2) is 0 Å². The molecule has 1 aliphatic rings. The lowest BCUT2D eigenvalue weighted by Crippen LogP contribution is -2.42. The van der Waals surface area contributed by atoms with Crippen molar-refractivity contribution in [1.29, 1.82) is 0 Å². The number of hydrogen-bond donors (Lipinski definition) is 2. The third-order valence-electron chi connectivity index (χ3n) is 4.86. The van der Waals surface area contributed by atoms with E-state index in [0.29, 0.717) is 6.54 Å². The normalized spacial score (nSPS) is 17.5. The number of rotatable bonds is 8. The number of benzene rings is 1. The van der Waals surface area contributed by atoms with Gasteiger partial charge in [0, 0.05) is 5.56 Å². The molecule has 5 nitrogen and oxygen atoms in total. The van der Waals surface area contributed by atoms with Crippen molar-refractivity contribution in [3.05, 3.63) is 29.8 Å². The lowest BCUT2D eigenvalue weighted by Gasteiger charge is -2.31. The molecule has 24 heavy (non-hydrogen) atoms. The first-order valence-corrected chi connectivity index (χ1v) is 8.93. The minimum atomic E-state index is -0.0539. The van der Waals surface area contributed by atoms with E-state index >= 15 is 0 Å². The number of likely N-dealkylation sites (tertiary alicyclic amines) is 1. The number of amides is 1. The first kappa shape index (κ1) is 18.7. The molecule has 0 aliphatic carbocycles. The van der Waals surface area contributed by atoms with Crippen LogP contribution in [0.3, 0.4) is 0 Å². The van der Waals surface area contributed by atoms with E-state index in [1.807, 2.05) is 38.2 Å². The fourth-order valence-electron chi connectivity index (χ4n) is 3.37. The Hall–Kier alpha value is -1.59. The molecule has 2 N–H and O–H groups in total. The summed E-state index contributed by atoms with van der Waals surface area (Å²) in [6.45, 7) is 5.61. The van der Waals surface area contributed by atoms with Crippen molar-refractivity contribution in [2.45, 2.75) is 32.2 Å². The quantitative estimate of drug-likeness (QED) is 0.766. The number of carbonyl (C=O) groups excluding carboxylic acids is 1. The zero-order valence-electron chi connectivity index (χ0n) is 15.2. The molecule has 1 amide bonds. The van der Waals surface area contributed by atoms with Gasteiger partial charge in [0.25, 0.3) is 0 Å². The second-order valence-corrected chi connectivity index (χ2v) is 6.64. The van der Waals surface area contributed by atoms with Gasteiger partial charge in [0.2, 0.25) is 5.91 Å². The largest absolute Gasteiger partial charge is 0.496 e. The Bertz CT molecular complexity index is 513. The zero-order valence-corrected chi connectivity index (χ0v) is 15.2. The highest BCUT2D eigenvalue weighted by Gasteiger charge is 2.21. The Balaban J connectivity index is 1.77. The molecule has 0 bridgehead atoms. The van der Waals surface area contributed by atoms with Crippen molar-refractivity contribution in [2.75, 3.05) is 40.3 Å². The highest BCUT2D eigenvalue weighted by Crippen LogP contribution is 2.24. The first-order valence-electron chi connectivity index (χ1n) is 8.93. The number of ether oxygens (including phenoxy) is 1. The Morgan fingerprint density at radius 3 is 2.71 bits per heavy atom. The minimum Gasteiger partial charge on any atom is -0.496 e. The van der Waals surface area contributed by atoms with E-state index in [1.54, 1.807) is 7.11 Å². The van der Waals surface area contributed by atoms with Crippen molar-refractivity contribution in [2.24, 2.45) is 5.92 Å². The van der Waals surface area contributed by atoms with Crippen LogP contribution in [-0.4, -0.2) is 51.1 Å². The highest BCUT2D eigenvalue weighted by atomic mass is 16.5. The van der Waals surface area contributed by atoms with E-state index < -0.39 is 0 Å². The van der Waals surface area contributed by atoms with E-state index in [-0.39, 0.29) is 11.9 Å². The summed E-state index contributed by atoms with van der Waals surface area (Å²) < 4.78 is 5.38. The summed E-state index contributed by atoms with van der Waals surface area (Å²) in [6.07, 6.45) is 3.62. The molecule has 0 radical (unpaired) electrons. The van der Waals surface area contributed by atoms with E-state index in [0.717, 1.165) is 36.9 Å². The molecular formula is C19H31N3O2. The van der Waals surface area contributed by atoms with Gasteiger partial charge in [0.1, 0.15) is 5.75 Å². The molecule has 1 atom stereocenters. The summed E-state index contributed by atoms with van der Waals surface area (Å²) in [5.74, 6) is 1.70. The maximum absolute atomic E-state index is 12.3. The SMILES string of the molecule is CNCCC1CCN(CC(=O)NC(C)c2ccccc2OC)CC1. The molecule has 2 rings (SSSR count). The molecule has 1 aromatic rings. The predicted octanol–water partition coefficient (Wildman–Crippen LogP) is 2.19. The lowest BCUT2D eigenvalue weighted by atomic mass is 9.93. The second-order valence-electron chi connectivity index (χ2n) is 6.64. The molecule has 1 fully saturated rings. The third kappa shape index (κ3) is 5.49. The number of para-hydroxylation sites is 1. The van der Waals surface area contributed by atoms with Crippen LogP contribution in [0.1, 0.15) is 37.8 Å². The van der Waals surface area contributed by atoms with Crippen LogP contribution >= 0.6 is 0 Å². The number of carbonyl (C=O) groups is 1. The number of piperidine rings is 1. The maximum atomic E-state index is 12.3. The van der Waals surface area contributed by atoms with E-state index in [2.05, 4.69) is 15.5 Å². The average Bonchev–Trinajstić information content (AvgIpc) is 2.61. The van der Waals surface area contributed by atoms with Crippen LogP contribution in [0.4, 0.5) is 0 Å². The molecule has 1 heterocycles. The summed E-state index contributed by atoms with van der Waals surface area (Å²) >= 11 is 0. The van der Waals surface area contributed by atoms with Crippen LogP contribution in [0.15, 0.2) is 24.3 Å². The average molecular weight is 333 g/mol. The van der Waals surface area contributed by atoms with Crippen molar-refractivity contribution in [3.8, 4) is 5.75 Å².